The first-order valence-corrected chi connectivity index (χ1v) is 9.08. The van der Waals surface area contributed by atoms with Gasteiger partial charge in [0, 0.05) is 6.54 Å². The molecule has 0 amide bonds. The van der Waals surface area contributed by atoms with Crippen molar-refractivity contribution in [2.45, 2.75) is 79.2 Å². The molecule has 2 heteroatoms. The molecule has 1 heterocycles. The number of likely N-dealkylation sites (tertiary alicyclic amines) is 1. The smallest absolute Gasteiger partial charge is 0.0580 e. The van der Waals surface area contributed by atoms with Crippen molar-refractivity contribution in [3.63, 3.8) is 0 Å². The Bertz CT molecular complexity index is 331. The molecular formula is C19H37NO. The van der Waals surface area contributed by atoms with Gasteiger partial charge in [0.15, 0.2) is 0 Å². The summed E-state index contributed by atoms with van der Waals surface area (Å²) >= 11 is 0. The Kier molecular flexibility index (Phi) is 5.41. The molecule has 1 saturated carbocycles. The Morgan fingerprint density at radius 1 is 1.10 bits per heavy atom. The number of hydrogen-bond acceptors (Lipinski definition) is 2. The summed E-state index contributed by atoms with van der Waals surface area (Å²) in [6.07, 6.45) is 7.32. The first-order chi connectivity index (χ1) is 9.67. The molecule has 0 aromatic rings. The molecule has 1 N–H and O–H groups in total. The summed E-state index contributed by atoms with van der Waals surface area (Å²) in [5, 5.41) is 10.4. The van der Waals surface area contributed by atoms with Crippen LogP contribution >= 0.6 is 0 Å². The van der Waals surface area contributed by atoms with Crippen LogP contribution in [0.15, 0.2) is 0 Å². The minimum atomic E-state index is -0.0696. The maximum Gasteiger partial charge on any atom is 0.0580 e. The van der Waals surface area contributed by atoms with Crippen LogP contribution in [0.1, 0.15) is 73.1 Å². The molecule has 2 nitrogen and oxygen atoms in total. The summed E-state index contributed by atoms with van der Waals surface area (Å²) < 4.78 is 0. The Morgan fingerprint density at radius 2 is 1.81 bits per heavy atom. The predicted molar refractivity (Wildman–Crippen MR) is 90.4 cm³/mol. The molecule has 3 atom stereocenters. The summed E-state index contributed by atoms with van der Waals surface area (Å²) in [5.41, 5.74) is 0.896. The molecule has 0 radical (unpaired) electrons. The first kappa shape index (κ1) is 17.3. The van der Waals surface area contributed by atoms with Crippen molar-refractivity contribution in [2.24, 2.45) is 22.7 Å². The molecule has 1 aliphatic heterocycles. The minimum absolute atomic E-state index is 0.0696. The van der Waals surface area contributed by atoms with E-state index in [0.29, 0.717) is 16.7 Å². The molecular weight excluding hydrogens is 258 g/mol. The van der Waals surface area contributed by atoms with E-state index in [0.717, 1.165) is 18.9 Å². The van der Waals surface area contributed by atoms with Gasteiger partial charge in [-0.15, -0.1) is 0 Å². The number of rotatable bonds is 2. The van der Waals surface area contributed by atoms with Crippen LogP contribution in [0.4, 0.5) is 0 Å². The number of aliphatic hydroxyl groups excluding tert-OH is 1. The van der Waals surface area contributed by atoms with Crippen LogP contribution in [-0.2, 0) is 0 Å². The molecule has 0 aromatic heterocycles. The van der Waals surface area contributed by atoms with Crippen LogP contribution in [-0.4, -0.2) is 35.7 Å². The minimum Gasteiger partial charge on any atom is -0.393 e. The van der Waals surface area contributed by atoms with E-state index in [2.05, 4.69) is 39.5 Å². The Morgan fingerprint density at radius 3 is 2.48 bits per heavy atom. The third-order valence-electron chi connectivity index (χ3n) is 6.09. The Labute approximate surface area is 132 Å². The van der Waals surface area contributed by atoms with Gasteiger partial charge in [0.05, 0.1) is 6.10 Å². The van der Waals surface area contributed by atoms with Gasteiger partial charge in [-0.3, -0.25) is 0 Å². The van der Waals surface area contributed by atoms with Crippen molar-refractivity contribution in [1.82, 2.24) is 4.90 Å². The van der Waals surface area contributed by atoms with E-state index >= 15 is 0 Å². The summed E-state index contributed by atoms with van der Waals surface area (Å²) in [6, 6.07) is 0. The van der Waals surface area contributed by atoms with Crippen molar-refractivity contribution in [1.29, 1.82) is 0 Å². The highest BCUT2D eigenvalue weighted by Gasteiger charge is 2.36. The van der Waals surface area contributed by atoms with E-state index in [1.165, 1.54) is 45.2 Å². The highest BCUT2D eigenvalue weighted by Crippen LogP contribution is 2.41. The zero-order valence-electron chi connectivity index (χ0n) is 15.0. The number of nitrogens with zero attached hydrogens (tertiary/aromatic N) is 1. The lowest BCUT2D eigenvalue weighted by Crippen LogP contribution is -2.41. The van der Waals surface area contributed by atoms with E-state index in [4.69, 9.17) is 0 Å². The molecule has 1 aliphatic carbocycles. The van der Waals surface area contributed by atoms with Crippen molar-refractivity contribution in [2.75, 3.05) is 19.6 Å². The van der Waals surface area contributed by atoms with Gasteiger partial charge in [0.1, 0.15) is 0 Å². The molecule has 2 aliphatic rings. The van der Waals surface area contributed by atoms with Crippen molar-refractivity contribution in [3.8, 4) is 0 Å². The molecule has 0 bridgehead atoms. The zero-order chi connectivity index (χ0) is 15.7. The second-order valence-electron chi connectivity index (χ2n) is 9.52. The van der Waals surface area contributed by atoms with E-state index in [1.807, 2.05) is 0 Å². The largest absolute Gasteiger partial charge is 0.393 e. The monoisotopic (exact) mass is 295 g/mol. The van der Waals surface area contributed by atoms with Crippen LogP contribution < -0.4 is 0 Å². The third-order valence-corrected chi connectivity index (χ3v) is 6.09. The van der Waals surface area contributed by atoms with E-state index in [-0.39, 0.29) is 6.10 Å². The fraction of sp³-hybridized carbons (Fsp3) is 1.00. The lowest BCUT2D eigenvalue weighted by molar-refractivity contribution is 0.00341. The maximum absolute atomic E-state index is 10.4. The summed E-state index contributed by atoms with van der Waals surface area (Å²) in [6.45, 7) is 15.5. The average Bonchev–Trinajstić information content (AvgIpc) is 2.52. The summed E-state index contributed by atoms with van der Waals surface area (Å²) in [7, 11) is 0. The quantitative estimate of drug-likeness (QED) is 0.820. The SMILES string of the molecule is CC1(C)CCCN(CC2CC(C(C)(C)C)CCC2O)CC1. The fourth-order valence-electron chi connectivity index (χ4n) is 4.22. The van der Waals surface area contributed by atoms with Gasteiger partial charge < -0.3 is 10.0 Å². The molecule has 0 spiro atoms. The molecule has 2 fully saturated rings. The van der Waals surface area contributed by atoms with Gasteiger partial charge >= 0.3 is 0 Å². The highest BCUT2D eigenvalue weighted by molar-refractivity contribution is 4.87. The van der Waals surface area contributed by atoms with Crippen LogP contribution in [0.5, 0.6) is 0 Å². The number of hydrogen-bond donors (Lipinski definition) is 1. The second kappa shape index (κ2) is 6.58. The lowest BCUT2D eigenvalue weighted by Gasteiger charge is -2.41. The van der Waals surface area contributed by atoms with Crippen molar-refractivity contribution >= 4 is 0 Å². The highest BCUT2D eigenvalue weighted by atomic mass is 16.3. The van der Waals surface area contributed by atoms with Gasteiger partial charge in [-0.2, -0.15) is 0 Å². The molecule has 3 unspecified atom stereocenters. The standard InChI is InChI=1S/C19H37NO/c1-18(2,3)16-7-8-17(21)15(13-16)14-20-11-6-9-19(4,5)10-12-20/h15-17,21H,6-14H2,1-5H3. The molecule has 124 valence electrons. The van der Waals surface area contributed by atoms with Gasteiger partial charge in [0.25, 0.3) is 0 Å². The van der Waals surface area contributed by atoms with E-state index in [1.54, 1.807) is 0 Å². The van der Waals surface area contributed by atoms with E-state index < -0.39 is 0 Å². The molecule has 1 saturated heterocycles. The fourth-order valence-corrected chi connectivity index (χ4v) is 4.22. The van der Waals surface area contributed by atoms with Gasteiger partial charge in [-0.05, 0) is 74.3 Å². The molecule has 21 heavy (non-hydrogen) atoms. The Hall–Kier alpha value is -0.0800. The average molecular weight is 296 g/mol. The summed E-state index contributed by atoms with van der Waals surface area (Å²) in [4.78, 5) is 2.63. The van der Waals surface area contributed by atoms with Crippen LogP contribution in [0.25, 0.3) is 0 Å². The van der Waals surface area contributed by atoms with Gasteiger partial charge in [-0.25, -0.2) is 0 Å². The lowest BCUT2D eigenvalue weighted by atomic mass is 9.68. The van der Waals surface area contributed by atoms with Crippen LogP contribution in [0.2, 0.25) is 0 Å². The topological polar surface area (TPSA) is 23.5 Å². The molecule has 2 rings (SSSR count). The third kappa shape index (κ3) is 4.96. The van der Waals surface area contributed by atoms with Gasteiger partial charge in [-0.1, -0.05) is 34.6 Å². The predicted octanol–water partition coefficient (Wildman–Crippen LogP) is 4.32. The molecule has 0 aromatic carbocycles. The zero-order valence-corrected chi connectivity index (χ0v) is 15.0. The Balaban J connectivity index is 1.91. The summed E-state index contributed by atoms with van der Waals surface area (Å²) in [5.74, 6) is 1.26. The first-order valence-electron chi connectivity index (χ1n) is 9.08. The normalized spacial score (nSPS) is 35.4. The van der Waals surface area contributed by atoms with Gasteiger partial charge in [0.2, 0.25) is 0 Å². The number of aliphatic hydroxyl groups is 1. The van der Waals surface area contributed by atoms with Crippen LogP contribution in [0.3, 0.4) is 0 Å². The van der Waals surface area contributed by atoms with E-state index in [9.17, 15) is 5.11 Å². The van der Waals surface area contributed by atoms with Crippen LogP contribution in [0, 0.1) is 22.7 Å². The van der Waals surface area contributed by atoms with Crippen molar-refractivity contribution in [3.05, 3.63) is 0 Å². The second-order valence-corrected chi connectivity index (χ2v) is 9.52. The maximum atomic E-state index is 10.4. The van der Waals surface area contributed by atoms with Crippen molar-refractivity contribution < 1.29 is 5.11 Å².